The molecule has 0 spiro atoms. The van der Waals surface area contributed by atoms with E-state index >= 15 is 0 Å². The molecule has 0 aliphatic heterocycles. The highest BCUT2D eigenvalue weighted by molar-refractivity contribution is 7.92. The Morgan fingerprint density at radius 2 is 1.58 bits per heavy atom. The van der Waals surface area contributed by atoms with Gasteiger partial charge in [0.05, 0.1) is 10.6 Å². The molecule has 0 atom stereocenters. The first kappa shape index (κ1) is 20.4. The minimum Gasteiger partial charge on any atom is -0.340 e. The molecule has 0 aliphatic rings. The summed E-state index contributed by atoms with van der Waals surface area (Å²) in [4.78, 5) is 17.0. The second-order valence-corrected chi connectivity index (χ2v) is 8.51. The van der Waals surface area contributed by atoms with Crippen molar-refractivity contribution < 1.29 is 8.42 Å². The highest BCUT2D eigenvalue weighted by Gasteiger charge is 2.16. The smallest absolute Gasteiger partial charge is 0.264 e. The van der Waals surface area contributed by atoms with Crippen molar-refractivity contribution in [2.45, 2.75) is 18.7 Å². The summed E-state index contributed by atoms with van der Waals surface area (Å²) >= 11 is 0. The lowest BCUT2D eigenvalue weighted by molar-refractivity contribution is 0.601. The largest absolute Gasteiger partial charge is 0.340 e. The molecular weight excluding hydrogens is 412 g/mol. The minimum atomic E-state index is -3.80. The van der Waals surface area contributed by atoms with Crippen molar-refractivity contribution in [3.05, 3.63) is 84.4 Å². The molecule has 2 aromatic heterocycles. The molecule has 156 valence electrons. The first-order valence-corrected chi connectivity index (χ1v) is 11.0. The quantitative estimate of drug-likeness (QED) is 0.472. The van der Waals surface area contributed by atoms with Crippen LogP contribution in [0.25, 0.3) is 11.3 Å². The fourth-order valence-corrected chi connectivity index (χ4v) is 3.88. The SMILES string of the molecule is Cc1ccnc(NS(=O)(=O)c2ccc(Nc3cc(-c4ccccc4)nc(C)n3)cc2)n1. The van der Waals surface area contributed by atoms with Gasteiger partial charge in [-0.2, -0.15) is 0 Å². The fraction of sp³-hybridized carbons (Fsp3) is 0.0909. The van der Waals surface area contributed by atoms with Crippen molar-refractivity contribution in [3.63, 3.8) is 0 Å². The Kier molecular flexibility index (Phi) is 5.59. The van der Waals surface area contributed by atoms with Crippen LogP contribution in [0.2, 0.25) is 0 Å². The van der Waals surface area contributed by atoms with E-state index in [1.165, 1.54) is 18.3 Å². The maximum Gasteiger partial charge on any atom is 0.264 e. The summed E-state index contributed by atoms with van der Waals surface area (Å²) in [5.41, 5.74) is 3.16. The van der Waals surface area contributed by atoms with Gasteiger partial charge >= 0.3 is 0 Å². The van der Waals surface area contributed by atoms with Crippen LogP contribution in [-0.4, -0.2) is 28.4 Å². The molecule has 2 N–H and O–H groups in total. The summed E-state index contributed by atoms with van der Waals surface area (Å²) in [5.74, 6) is 1.28. The van der Waals surface area contributed by atoms with E-state index in [2.05, 4.69) is 30.0 Å². The van der Waals surface area contributed by atoms with E-state index in [1.807, 2.05) is 43.3 Å². The average Bonchev–Trinajstić information content (AvgIpc) is 2.74. The molecule has 4 aromatic rings. The Morgan fingerprint density at radius 3 is 2.29 bits per heavy atom. The summed E-state index contributed by atoms with van der Waals surface area (Å²) < 4.78 is 27.6. The number of hydrogen-bond acceptors (Lipinski definition) is 7. The highest BCUT2D eigenvalue weighted by atomic mass is 32.2. The van der Waals surface area contributed by atoms with Crippen molar-refractivity contribution in [1.29, 1.82) is 0 Å². The number of hydrogen-bond donors (Lipinski definition) is 2. The van der Waals surface area contributed by atoms with Crippen molar-refractivity contribution in [1.82, 2.24) is 19.9 Å². The third-order valence-electron chi connectivity index (χ3n) is 4.36. The number of aromatic nitrogens is 4. The highest BCUT2D eigenvalue weighted by Crippen LogP contribution is 2.23. The molecule has 0 amide bonds. The zero-order chi connectivity index (χ0) is 21.8. The van der Waals surface area contributed by atoms with Gasteiger partial charge in [-0.3, -0.25) is 0 Å². The third kappa shape index (κ3) is 5.01. The first-order chi connectivity index (χ1) is 14.9. The standard InChI is InChI=1S/C22H20N6O2S/c1-15-12-13-23-22(24-15)28-31(29,30)19-10-8-18(9-11-19)27-21-14-20(25-16(2)26-21)17-6-4-3-5-7-17/h3-14H,1-2H3,(H,23,24,28)(H,25,26,27). The molecule has 0 radical (unpaired) electrons. The molecule has 0 bridgehead atoms. The van der Waals surface area contributed by atoms with E-state index in [0.29, 0.717) is 23.0 Å². The molecule has 2 heterocycles. The fourth-order valence-electron chi connectivity index (χ4n) is 2.93. The van der Waals surface area contributed by atoms with Gasteiger partial charge in [0.2, 0.25) is 5.95 Å². The predicted octanol–water partition coefficient (Wildman–Crippen LogP) is 4.09. The number of rotatable bonds is 6. The van der Waals surface area contributed by atoms with E-state index < -0.39 is 10.0 Å². The lowest BCUT2D eigenvalue weighted by atomic mass is 10.1. The van der Waals surface area contributed by atoms with Crippen molar-refractivity contribution in [3.8, 4) is 11.3 Å². The van der Waals surface area contributed by atoms with Gasteiger partial charge in [0, 0.05) is 29.2 Å². The van der Waals surface area contributed by atoms with Gasteiger partial charge in [-0.05, 0) is 44.2 Å². The van der Waals surface area contributed by atoms with Gasteiger partial charge in [0.15, 0.2) is 0 Å². The zero-order valence-corrected chi connectivity index (χ0v) is 17.8. The lowest BCUT2D eigenvalue weighted by Crippen LogP contribution is -2.15. The van der Waals surface area contributed by atoms with Crippen LogP contribution in [-0.2, 0) is 10.0 Å². The molecule has 31 heavy (non-hydrogen) atoms. The molecule has 8 nitrogen and oxygen atoms in total. The number of nitrogens with zero attached hydrogens (tertiary/aromatic N) is 4. The van der Waals surface area contributed by atoms with E-state index in [4.69, 9.17) is 0 Å². The van der Waals surface area contributed by atoms with Crippen LogP contribution >= 0.6 is 0 Å². The Bertz CT molecular complexity index is 1310. The molecule has 2 aromatic carbocycles. The zero-order valence-electron chi connectivity index (χ0n) is 16.9. The summed E-state index contributed by atoms with van der Waals surface area (Å²) in [6, 6.07) is 19.7. The predicted molar refractivity (Wildman–Crippen MR) is 120 cm³/mol. The minimum absolute atomic E-state index is 0.0344. The van der Waals surface area contributed by atoms with Crippen LogP contribution in [0.3, 0.4) is 0 Å². The summed E-state index contributed by atoms with van der Waals surface area (Å²) in [6.45, 7) is 3.59. The van der Waals surface area contributed by atoms with Crippen molar-refractivity contribution >= 4 is 27.5 Å². The molecular formula is C22H20N6O2S. The number of anilines is 3. The number of aryl methyl sites for hydroxylation is 2. The molecule has 0 saturated heterocycles. The lowest BCUT2D eigenvalue weighted by Gasteiger charge is -2.10. The van der Waals surface area contributed by atoms with Gasteiger partial charge in [-0.1, -0.05) is 30.3 Å². The first-order valence-electron chi connectivity index (χ1n) is 9.50. The maximum absolute atomic E-state index is 12.6. The van der Waals surface area contributed by atoms with Gasteiger partial charge < -0.3 is 5.32 Å². The van der Waals surface area contributed by atoms with Gasteiger partial charge in [0.1, 0.15) is 11.6 Å². The van der Waals surface area contributed by atoms with Gasteiger partial charge in [0.25, 0.3) is 10.0 Å². The second-order valence-electron chi connectivity index (χ2n) is 6.83. The van der Waals surface area contributed by atoms with E-state index in [9.17, 15) is 8.42 Å². The second kappa shape index (κ2) is 8.49. The Morgan fingerprint density at radius 1 is 0.839 bits per heavy atom. The number of nitrogens with one attached hydrogen (secondary N) is 2. The molecule has 0 fully saturated rings. The van der Waals surface area contributed by atoms with Crippen molar-refractivity contribution in [2.75, 3.05) is 10.0 Å². The average molecular weight is 433 g/mol. The van der Waals surface area contributed by atoms with E-state index in [-0.39, 0.29) is 10.8 Å². The molecule has 0 saturated carbocycles. The summed E-state index contributed by atoms with van der Waals surface area (Å²) in [6.07, 6.45) is 1.50. The molecule has 0 aliphatic carbocycles. The molecule has 4 rings (SSSR count). The van der Waals surface area contributed by atoms with Crippen LogP contribution in [0.4, 0.5) is 17.5 Å². The Hall–Kier alpha value is -3.85. The maximum atomic E-state index is 12.6. The van der Waals surface area contributed by atoms with Gasteiger partial charge in [-0.25, -0.2) is 33.1 Å². The topological polar surface area (TPSA) is 110 Å². The normalized spacial score (nSPS) is 11.2. The number of benzene rings is 2. The van der Waals surface area contributed by atoms with Crippen LogP contribution in [0.15, 0.2) is 77.8 Å². The third-order valence-corrected chi connectivity index (χ3v) is 5.71. The number of sulfonamides is 1. The van der Waals surface area contributed by atoms with Crippen LogP contribution < -0.4 is 10.0 Å². The van der Waals surface area contributed by atoms with Crippen LogP contribution in [0, 0.1) is 13.8 Å². The van der Waals surface area contributed by atoms with Crippen LogP contribution in [0.5, 0.6) is 0 Å². The molecule has 0 unspecified atom stereocenters. The van der Waals surface area contributed by atoms with Crippen LogP contribution in [0.1, 0.15) is 11.5 Å². The van der Waals surface area contributed by atoms with Crippen molar-refractivity contribution in [2.24, 2.45) is 0 Å². The summed E-state index contributed by atoms with van der Waals surface area (Å²) in [7, 11) is -3.80. The van der Waals surface area contributed by atoms with E-state index in [1.54, 1.807) is 25.1 Å². The van der Waals surface area contributed by atoms with Gasteiger partial charge in [-0.15, -0.1) is 0 Å². The Labute approximate surface area is 180 Å². The van der Waals surface area contributed by atoms with E-state index in [0.717, 1.165) is 11.3 Å². The molecule has 9 heteroatoms. The summed E-state index contributed by atoms with van der Waals surface area (Å²) in [5, 5.41) is 3.20. The Balaban J connectivity index is 1.53. The monoisotopic (exact) mass is 432 g/mol.